The summed E-state index contributed by atoms with van der Waals surface area (Å²) in [5, 5.41) is 0. The van der Waals surface area contributed by atoms with Gasteiger partial charge in [0.1, 0.15) is 17.2 Å². The summed E-state index contributed by atoms with van der Waals surface area (Å²) in [6.45, 7) is 8.66. The van der Waals surface area contributed by atoms with E-state index in [4.69, 9.17) is 4.74 Å². The fourth-order valence-electron chi connectivity index (χ4n) is 2.47. The number of rotatable bonds is 4. The van der Waals surface area contributed by atoms with Gasteiger partial charge in [0.2, 0.25) is 0 Å². The summed E-state index contributed by atoms with van der Waals surface area (Å²) in [6.07, 6.45) is 0.407. The second-order valence-corrected chi connectivity index (χ2v) is 7.68. The van der Waals surface area contributed by atoms with Gasteiger partial charge in [-0.1, -0.05) is 0 Å². The summed E-state index contributed by atoms with van der Waals surface area (Å²) < 4.78 is 21.5. The van der Waals surface area contributed by atoms with Crippen molar-refractivity contribution in [1.29, 1.82) is 0 Å². The van der Waals surface area contributed by atoms with Crippen molar-refractivity contribution >= 4 is 33.1 Å². The standard InChI is InChI=1S/C17H23BrFN3O2/c1-11-20-14-10-12(19)9-13(18)15(14)22(11)8-6-7-21(5)16(23)24-17(2,3)4/h9-10H,6-8H2,1-5H3. The normalized spacial score (nSPS) is 11.8. The van der Waals surface area contributed by atoms with Crippen LogP contribution in [0.5, 0.6) is 0 Å². The first-order valence-corrected chi connectivity index (χ1v) is 8.64. The predicted octanol–water partition coefficient (Wildman–Crippen LogP) is 4.50. The quantitative estimate of drug-likeness (QED) is 0.759. The third-order valence-corrected chi connectivity index (χ3v) is 4.14. The lowest BCUT2D eigenvalue weighted by Gasteiger charge is -2.24. The van der Waals surface area contributed by atoms with E-state index in [1.807, 2.05) is 32.3 Å². The van der Waals surface area contributed by atoms with Gasteiger partial charge in [-0.15, -0.1) is 0 Å². The fourth-order valence-corrected chi connectivity index (χ4v) is 3.11. The lowest BCUT2D eigenvalue weighted by atomic mass is 10.2. The Kier molecular flexibility index (Phi) is 5.52. The molecule has 2 rings (SSSR count). The summed E-state index contributed by atoms with van der Waals surface area (Å²) in [4.78, 5) is 17.9. The average Bonchev–Trinajstić information content (AvgIpc) is 2.72. The first-order valence-electron chi connectivity index (χ1n) is 7.84. The van der Waals surface area contributed by atoms with Crippen molar-refractivity contribution in [3.8, 4) is 0 Å². The molecule has 0 fully saturated rings. The van der Waals surface area contributed by atoms with Crippen LogP contribution in [-0.4, -0.2) is 39.7 Å². The summed E-state index contributed by atoms with van der Waals surface area (Å²) in [5.41, 5.74) is 0.992. The maximum Gasteiger partial charge on any atom is 0.410 e. The molecule has 24 heavy (non-hydrogen) atoms. The van der Waals surface area contributed by atoms with E-state index in [9.17, 15) is 9.18 Å². The first-order chi connectivity index (χ1) is 11.1. The Balaban J connectivity index is 2.04. The number of hydrogen-bond donors (Lipinski definition) is 0. The molecule has 0 saturated heterocycles. The summed E-state index contributed by atoms with van der Waals surface area (Å²) in [6, 6.07) is 2.86. The van der Waals surface area contributed by atoms with Crippen LogP contribution in [0, 0.1) is 12.7 Å². The highest BCUT2D eigenvalue weighted by Crippen LogP contribution is 2.26. The maximum absolute atomic E-state index is 13.5. The molecule has 0 saturated carbocycles. The number of aryl methyl sites for hydroxylation is 2. The molecule has 0 N–H and O–H groups in total. The number of hydrogen-bond acceptors (Lipinski definition) is 3. The molecular formula is C17H23BrFN3O2. The Morgan fingerprint density at radius 1 is 1.42 bits per heavy atom. The van der Waals surface area contributed by atoms with Crippen LogP contribution in [-0.2, 0) is 11.3 Å². The largest absolute Gasteiger partial charge is 0.444 e. The van der Waals surface area contributed by atoms with Gasteiger partial charge in [0.15, 0.2) is 0 Å². The van der Waals surface area contributed by atoms with Gasteiger partial charge in [-0.3, -0.25) is 0 Å². The fraction of sp³-hybridized carbons (Fsp3) is 0.529. The minimum absolute atomic E-state index is 0.316. The molecule has 0 aliphatic carbocycles. The Morgan fingerprint density at radius 3 is 2.71 bits per heavy atom. The van der Waals surface area contributed by atoms with Crippen molar-refractivity contribution in [2.45, 2.75) is 46.3 Å². The van der Waals surface area contributed by atoms with E-state index in [0.717, 1.165) is 17.8 Å². The molecule has 1 aromatic carbocycles. The average molecular weight is 400 g/mol. The second-order valence-electron chi connectivity index (χ2n) is 6.82. The number of fused-ring (bicyclic) bond motifs is 1. The molecule has 0 spiro atoms. The van der Waals surface area contributed by atoms with Crippen LogP contribution in [0.3, 0.4) is 0 Å². The molecule has 1 heterocycles. The van der Waals surface area contributed by atoms with Crippen LogP contribution in [0.2, 0.25) is 0 Å². The first kappa shape index (κ1) is 18.7. The molecule has 1 aromatic heterocycles. The number of nitrogens with zero attached hydrogens (tertiary/aromatic N) is 3. The Hall–Kier alpha value is -1.63. The SMILES string of the molecule is Cc1nc2cc(F)cc(Br)c2n1CCCN(C)C(=O)OC(C)(C)C. The molecule has 1 amide bonds. The molecule has 0 bridgehead atoms. The van der Waals surface area contributed by atoms with E-state index in [-0.39, 0.29) is 11.9 Å². The lowest BCUT2D eigenvalue weighted by Crippen LogP contribution is -2.35. The molecule has 132 valence electrons. The van der Waals surface area contributed by atoms with Crippen LogP contribution >= 0.6 is 15.9 Å². The van der Waals surface area contributed by atoms with Crippen molar-refractivity contribution in [2.24, 2.45) is 0 Å². The number of halogens is 2. The van der Waals surface area contributed by atoms with Crippen molar-refractivity contribution in [2.75, 3.05) is 13.6 Å². The van der Waals surface area contributed by atoms with Crippen LogP contribution in [0.1, 0.15) is 33.0 Å². The van der Waals surface area contributed by atoms with Crippen molar-refractivity contribution < 1.29 is 13.9 Å². The van der Waals surface area contributed by atoms with Gasteiger partial charge in [0.25, 0.3) is 0 Å². The molecule has 0 radical (unpaired) electrons. The third-order valence-electron chi connectivity index (χ3n) is 3.53. The van der Waals surface area contributed by atoms with Crippen molar-refractivity contribution in [3.05, 3.63) is 28.2 Å². The zero-order valence-corrected chi connectivity index (χ0v) is 16.3. The van der Waals surface area contributed by atoms with E-state index in [0.29, 0.717) is 23.1 Å². The molecule has 0 aliphatic heterocycles. The summed E-state index contributed by atoms with van der Waals surface area (Å²) in [7, 11) is 1.72. The van der Waals surface area contributed by atoms with Gasteiger partial charge >= 0.3 is 6.09 Å². The maximum atomic E-state index is 13.5. The summed E-state index contributed by atoms with van der Waals surface area (Å²) in [5.74, 6) is 0.500. The van der Waals surface area contributed by atoms with E-state index < -0.39 is 5.60 Å². The minimum atomic E-state index is -0.503. The van der Waals surface area contributed by atoms with E-state index in [2.05, 4.69) is 20.9 Å². The number of aromatic nitrogens is 2. The highest BCUT2D eigenvalue weighted by Gasteiger charge is 2.19. The van der Waals surface area contributed by atoms with E-state index in [1.54, 1.807) is 11.9 Å². The molecule has 0 unspecified atom stereocenters. The highest BCUT2D eigenvalue weighted by atomic mass is 79.9. The van der Waals surface area contributed by atoms with Gasteiger partial charge in [-0.2, -0.15) is 0 Å². The second kappa shape index (κ2) is 7.09. The van der Waals surface area contributed by atoms with Crippen LogP contribution in [0.4, 0.5) is 9.18 Å². The number of ether oxygens (including phenoxy) is 1. The molecule has 2 aromatic rings. The number of carbonyl (C=O) groups is 1. The molecular weight excluding hydrogens is 377 g/mol. The Labute approximate surface area is 149 Å². The van der Waals surface area contributed by atoms with Gasteiger partial charge in [-0.05, 0) is 56.1 Å². The topological polar surface area (TPSA) is 47.4 Å². The highest BCUT2D eigenvalue weighted by molar-refractivity contribution is 9.10. The smallest absolute Gasteiger partial charge is 0.410 e. The minimum Gasteiger partial charge on any atom is -0.444 e. The van der Waals surface area contributed by atoms with E-state index in [1.165, 1.54) is 12.1 Å². The lowest BCUT2D eigenvalue weighted by molar-refractivity contribution is 0.0295. The Morgan fingerprint density at radius 2 is 2.08 bits per heavy atom. The van der Waals surface area contributed by atoms with Crippen LogP contribution in [0.15, 0.2) is 16.6 Å². The Bertz CT molecular complexity index is 752. The molecule has 0 aliphatic rings. The van der Waals surface area contributed by atoms with Gasteiger partial charge in [-0.25, -0.2) is 14.2 Å². The number of imidazole rings is 1. The van der Waals surface area contributed by atoms with Crippen molar-refractivity contribution in [1.82, 2.24) is 14.5 Å². The molecule has 0 atom stereocenters. The van der Waals surface area contributed by atoms with Crippen LogP contribution < -0.4 is 0 Å². The monoisotopic (exact) mass is 399 g/mol. The van der Waals surface area contributed by atoms with Crippen molar-refractivity contribution in [3.63, 3.8) is 0 Å². The number of amides is 1. The molecule has 5 nitrogen and oxygen atoms in total. The molecule has 7 heteroatoms. The summed E-state index contributed by atoms with van der Waals surface area (Å²) >= 11 is 3.40. The van der Waals surface area contributed by atoms with Gasteiger partial charge in [0, 0.05) is 30.7 Å². The number of benzene rings is 1. The van der Waals surface area contributed by atoms with E-state index >= 15 is 0 Å². The van der Waals surface area contributed by atoms with Gasteiger partial charge < -0.3 is 14.2 Å². The zero-order valence-electron chi connectivity index (χ0n) is 14.7. The zero-order chi connectivity index (χ0) is 18.1. The predicted molar refractivity (Wildman–Crippen MR) is 95.6 cm³/mol. The number of carbonyl (C=O) groups excluding carboxylic acids is 1. The van der Waals surface area contributed by atoms with Crippen LogP contribution in [0.25, 0.3) is 11.0 Å². The van der Waals surface area contributed by atoms with Gasteiger partial charge in [0.05, 0.1) is 11.0 Å². The third kappa shape index (κ3) is 4.47.